The average molecular weight is 292 g/mol. The minimum atomic E-state index is 0.0288. The third-order valence-electron chi connectivity index (χ3n) is 3.96. The number of rotatable bonds is 4. The van der Waals surface area contributed by atoms with E-state index in [2.05, 4.69) is 30.9 Å². The number of nitrogens with two attached hydrogens (primary N) is 1. The van der Waals surface area contributed by atoms with Crippen molar-refractivity contribution in [1.29, 1.82) is 0 Å². The van der Waals surface area contributed by atoms with E-state index in [4.69, 9.17) is 22.7 Å². The summed E-state index contributed by atoms with van der Waals surface area (Å²) in [5, 5.41) is 0. The van der Waals surface area contributed by atoms with Gasteiger partial charge in [0.1, 0.15) is 5.75 Å². The van der Waals surface area contributed by atoms with Crippen LogP contribution in [0.1, 0.15) is 31.9 Å². The average Bonchev–Trinajstić information content (AvgIpc) is 2.38. The highest BCUT2D eigenvalue weighted by atomic mass is 32.1. The van der Waals surface area contributed by atoms with Crippen molar-refractivity contribution < 1.29 is 4.74 Å². The van der Waals surface area contributed by atoms with Gasteiger partial charge in [-0.05, 0) is 36.0 Å². The second-order valence-electron chi connectivity index (χ2n) is 5.98. The zero-order valence-corrected chi connectivity index (χ0v) is 13.3. The topological polar surface area (TPSA) is 38.5 Å². The molecule has 0 bridgehead atoms. The third kappa shape index (κ3) is 3.49. The molecule has 0 aliphatic carbocycles. The van der Waals surface area contributed by atoms with E-state index < -0.39 is 0 Å². The summed E-state index contributed by atoms with van der Waals surface area (Å²) < 4.78 is 5.21. The largest absolute Gasteiger partial charge is 0.497 e. The summed E-state index contributed by atoms with van der Waals surface area (Å²) in [6, 6.07) is 8.09. The van der Waals surface area contributed by atoms with Crippen molar-refractivity contribution in [3.05, 3.63) is 29.8 Å². The first kappa shape index (κ1) is 15.3. The van der Waals surface area contributed by atoms with E-state index in [1.807, 2.05) is 12.1 Å². The number of piperidine rings is 1. The number of hydrogen-bond acceptors (Lipinski definition) is 3. The molecule has 3 unspecified atom stereocenters. The molecule has 1 aromatic rings. The number of ether oxygens (including phenoxy) is 1. The number of methoxy groups -OCH3 is 1. The highest BCUT2D eigenvalue weighted by molar-refractivity contribution is 7.80. The van der Waals surface area contributed by atoms with Crippen LogP contribution < -0.4 is 10.5 Å². The van der Waals surface area contributed by atoms with Gasteiger partial charge < -0.3 is 10.5 Å². The van der Waals surface area contributed by atoms with Gasteiger partial charge in [0.15, 0.2) is 0 Å². The van der Waals surface area contributed by atoms with E-state index in [1.54, 1.807) is 7.11 Å². The molecule has 1 aliphatic heterocycles. The molecule has 2 N–H and O–H groups in total. The van der Waals surface area contributed by atoms with Crippen LogP contribution in [0, 0.1) is 11.8 Å². The van der Waals surface area contributed by atoms with E-state index >= 15 is 0 Å². The first-order chi connectivity index (χ1) is 9.51. The number of nitrogens with zero attached hydrogens (tertiary/aromatic N) is 1. The molecule has 4 heteroatoms. The van der Waals surface area contributed by atoms with E-state index in [0.29, 0.717) is 16.8 Å². The Morgan fingerprint density at radius 2 is 1.80 bits per heavy atom. The molecule has 1 aromatic carbocycles. The Morgan fingerprint density at radius 1 is 1.25 bits per heavy atom. The normalized spacial score (nSPS) is 25.1. The fraction of sp³-hybridized carbons (Fsp3) is 0.562. The summed E-state index contributed by atoms with van der Waals surface area (Å²) >= 11 is 5.32. The minimum absolute atomic E-state index is 0.0288. The second kappa shape index (κ2) is 6.55. The molecule has 1 heterocycles. The van der Waals surface area contributed by atoms with Crippen LogP contribution in [0.4, 0.5) is 0 Å². The van der Waals surface area contributed by atoms with Crippen molar-refractivity contribution in [2.75, 3.05) is 20.2 Å². The second-order valence-corrected chi connectivity index (χ2v) is 6.45. The summed E-state index contributed by atoms with van der Waals surface area (Å²) in [6.07, 6.45) is 1.28. The first-order valence-electron chi connectivity index (χ1n) is 7.18. The molecule has 1 fully saturated rings. The monoisotopic (exact) mass is 292 g/mol. The fourth-order valence-electron chi connectivity index (χ4n) is 3.26. The lowest BCUT2D eigenvalue weighted by Crippen LogP contribution is -2.45. The van der Waals surface area contributed by atoms with Gasteiger partial charge in [0.05, 0.1) is 18.1 Å². The number of hydrogen-bond donors (Lipinski definition) is 1. The Balaban J connectivity index is 2.23. The predicted octanol–water partition coefficient (Wildman–Crippen LogP) is 3.00. The first-order valence-corrected chi connectivity index (χ1v) is 7.59. The third-order valence-corrected chi connectivity index (χ3v) is 4.19. The molecule has 3 atom stereocenters. The predicted molar refractivity (Wildman–Crippen MR) is 87.0 cm³/mol. The van der Waals surface area contributed by atoms with E-state index in [1.165, 1.54) is 6.42 Å². The molecule has 0 amide bonds. The maximum atomic E-state index is 6.02. The zero-order chi connectivity index (χ0) is 14.7. The molecule has 1 aliphatic rings. The van der Waals surface area contributed by atoms with Crippen molar-refractivity contribution in [3.63, 3.8) is 0 Å². The summed E-state index contributed by atoms with van der Waals surface area (Å²) in [7, 11) is 1.67. The lowest BCUT2D eigenvalue weighted by atomic mass is 9.89. The molecular weight excluding hydrogens is 268 g/mol. The van der Waals surface area contributed by atoms with E-state index in [0.717, 1.165) is 24.4 Å². The summed E-state index contributed by atoms with van der Waals surface area (Å²) in [5.74, 6) is 2.23. The van der Waals surface area contributed by atoms with Crippen LogP contribution in [0.2, 0.25) is 0 Å². The van der Waals surface area contributed by atoms with Crippen molar-refractivity contribution in [2.24, 2.45) is 17.6 Å². The standard InChI is InChI=1S/C16H24N2OS/c1-11-8-12(2)10-18(9-11)15(16(17)20)13-4-6-14(19-3)7-5-13/h4-7,11-12,15H,8-10H2,1-3H3,(H2,17,20). The molecule has 110 valence electrons. The lowest BCUT2D eigenvalue weighted by Gasteiger charge is -2.40. The van der Waals surface area contributed by atoms with Crippen LogP contribution in [0.5, 0.6) is 5.75 Å². The molecule has 0 aromatic heterocycles. The highest BCUT2D eigenvalue weighted by Crippen LogP contribution is 2.30. The SMILES string of the molecule is COc1ccc(C(C(N)=S)N2CC(C)CC(C)C2)cc1. The summed E-state index contributed by atoms with van der Waals surface area (Å²) in [6.45, 7) is 6.71. The van der Waals surface area contributed by atoms with E-state index in [-0.39, 0.29) is 6.04 Å². The van der Waals surface area contributed by atoms with Gasteiger partial charge in [-0.15, -0.1) is 0 Å². The van der Waals surface area contributed by atoms with Crippen LogP contribution in [0.15, 0.2) is 24.3 Å². The Kier molecular flexibility index (Phi) is 5.00. The Hall–Kier alpha value is -1.13. The maximum absolute atomic E-state index is 6.02. The fourth-order valence-corrected chi connectivity index (χ4v) is 3.55. The van der Waals surface area contributed by atoms with Gasteiger partial charge in [-0.3, -0.25) is 4.90 Å². The Morgan fingerprint density at radius 3 is 2.25 bits per heavy atom. The molecule has 1 saturated heterocycles. The molecule has 0 spiro atoms. The van der Waals surface area contributed by atoms with Crippen LogP contribution in [-0.4, -0.2) is 30.1 Å². The summed E-state index contributed by atoms with van der Waals surface area (Å²) in [4.78, 5) is 2.97. The van der Waals surface area contributed by atoms with E-state index in [9.17, 15) is 0 Å². The van der Waals surface area contributed by atoms with Gasteiger partial charge in [-0.1, -0.05) is 38.2 Å². The van der Waals surface area contributed by atoms with Crippen molar-refractivity contribution in [2.45, 2.75) is 26.3 Å². The maximum Gasteiger partial charge on any atom is 0.118 e. The molecule has 3 nitrogen and oxygen atoms in total. The van der Waals surface area contributed by atoms with Gasteiger partial charge >= 0.3 is 0 Å². The van der Waals surface area contributed by atoms with Crippen LogP contribution >= 0.6 is 12.2 Å². The van der Waals surface area contributed by atoms with Gasteiger partial charge in [0, 0.05) is 13.1 Å². The van der Waals surface area contributed by atoms with Crippen LogP contribution in [0.3, 0.4) is 0 Å². The molecule has 0 radical (unpaired) electrons. The van der Waals surface area contributed by atoms with Crippen molar-refractivity contribution >= 4 is 17.2 Å². The number of benzene rings is 1. The van der Waals surface area contributed by atoms with Crippen molar-refractivity contribution in [1.82, 2.24) is 4.90 Å². The van der Waals surface area contributed by atoms with Gasteiger partial charge in [-0.25, -0.2) is 0 Å². The molecule has 0 saturated carbocycles. The van der Waals surface area contributed by atoms with Gasteiger partial charge in [0.2, 0.25) is 0 Å². The quantitative estimate of drug-likeness (QED) is 0.866. The summed E-state index contributed by atoms with van der Waals surface area (Å²) in [5.41, 5.74) is 7.17. The Labute approximate surface area is 127 Å². The minimum Gasteiger partial charge on any atom is -0.497 e. The van der Waals surface area contributed by atoms with Crippen molar-refractivity contribution in [3.8, 4) is 5.75 Å². The zero-order valence-electron chi connectivity index (χ0n) is 12.5. The molecule has 20 heavy (non-hydrogen) atoms. The number of likely N-dealkylation sites (tertiary alicyclic amines) is 1. The van der Waals surface area contributed by atoms with Gasteiger partial charge in [-0.2, -0.15) is 0 Å². The smallest absolute Gasteiger partial charge is 0.118 e. The molecular formula is C16H24N2OS. The van der Waals surface area contributed by atoms with Crippen LogP contribution in [0.25, 0.3) is 0 Å². The number of thiocarbonyl (C=S) groups is 1. The highest BCUT2D eigenvalue weighted by Gasteiger charge is 2.29. The van der Waals surface area contributed by atoms with Gasteiger partial charge in [0.25, 0.3) is 0 Å². The van der Waals surface area contributed by atoms with Crippen LogP contribution in [-0.2, 0) is 0 Å². The lowest BCUT2D eigenvalue weighted by molar-refractivity contribution is 0.122. The molecule has 2 rings (SSSR count). The Bertz CT molecular complexity index is 450.